The molecule has 1 aromatic heterocycles. The van der Waals surface area contributed by atoms with E-state index in [-0.39, 0.29) is 5.91 Å². The van der Waals surface area contributed by atoms with Gasteiger partial charge >= 0.3 is 0 Å². The molecule has 1 amide bonds. The van der Waals surface area contributed by atoms with E-state index >= 15 is 0 Å². The van der Waals surface area contributed by atoms with Crippen LogP contribution in [0.4, 0.5) is 0 Å². The van der Waals surface area contributed by atoms with E-state index in [0.29, 0.717) is 19.4 Å². The van der Waals surface area contributed by atoms with Crippen molar-refractivity contribution in [3.05, 3.63) is 17.0 Å². The van der Waals surface area contributed by atoms with Crippen LogP contribution in [0, 0.1) is 13.8 Å². The van der Waals surface area contributed by atoms with E-state index in [2.05, 4.69) is 10.5 Å². The lowest BCUT2D eigenvalue weighted by atomic mass is 9.97. The molecular weight excluding hydrogens is 276 g/mol. The van der Waals surface area contributed by atoms with Gasteiger partial charge in [0.1, 0.15) is 5.76 Å². The lowest BCUT2D eigenvalue weighted by molar-refractivity contribution is -0.122. The maximum atomic E-state index is 11.9. The second-order valence-corrected chi connectivity index (χ2v) is 6.64. The highest BCUT2D eigenvalue weighted by molar-refractivity contribution is 7.99. The van der Waals surface area contributed by atoms with E-state index in [0.717, 1.165) is 41.4 Å². The van der Waals surface area contributed by atoms with Crippen LogP contribution in [-0.2, 0) is 11.2 Å². The third kappa shape index (κ3) is 3.99. The van der Waals surface area contributed by atoms with Crippen LogP contribution in [0.3, 0.4) is 0 Å². The number of amides is 1. The lowest BCUT2D eigenvalue weighted by Gasteiger charge is -2.31. The Bertz CT molecular complexity index is 447. The number of hydrogen-bond donors (Lipinski definition) is 2. The predicted octanol–water partition coefficient (Wildman–Crippen LogP) is 1.60. The highest BCUT2D eigenvalue weighted by Gasteiger charge is 2.29. The van der Waals surface area contributed by atoms with E-state index in [1.807, 2.05) is 25.6 Å². The molecule has 0 radical (unpaired) electrons. The van der Waals surface area contributed by atoms with Crippen LogP contribution in [0.25, 0.3) is 0 Å². The molecule has 0 spiro atoms. The van der Waals surface area contributed by atoms with Gasteiger partial charge in [-0.25, -0.2) is 0 Å². The van der Waals surface area contributed by atoms with Gasteiger partial charge in [0.05, 0.1) is 11.3 Å². The summed E-state index contributed by atoms with van der Waals surface area (Å²) < 4.78 is 5.07. The molecule has 1 saturated heterocycles. The molecule has 1 aliphatic heterocycles. The molecule has 20 heavy (non-hydrogen) atoms. The quantitative estimate of drug-likeness (QED) is 0.863. The number of aliphatic hydroxyl groups is 1. The zero-order valence-electron chi connectivity index (χ0n) is 12.1. The van der Waals surface area contributed by atoms with E-state index in [9.17, 15) is 9.90 Å². The van der Waals surface area contributed by atoms with Crippen molar-refractivity contribution >= 4 is 17.7 Å². The normalized spacial score (nSPS) is 17.9. The van der Waals surface area contributed by atoms with Crippen molar-refractivity contribution in [1.29, 1.82) is 0 Å². The molecule has 0 saturated carbocycles. The Morgan fingerprint density at radius 2 is 2.15 bits per heavy atom. The smallest absolute Gasteiger partial charge is 0.220 e. The highest BCUT2D eigenvalue weighted by atomic mass is 32.2. The van der Waals surface area contributed by atoms with Crippen LogP contribution in [-0.4, -0.2) is 39.8 Å². The maximum absolute atomic E-state index is 11.9. The summed E-state index contributed by atoms with van der Waals surface area (Å²) >= 11 is 1.85. The molecule has 112 valence electrons. The van der Waals surface area contributed by atoms with Crippen LogP contribution in [0.1, 0.15) is 36.3 Å². The number of carbonyl (C=O) groups is 1. The van der Waals surface area contributed by atoms with Gasteiger partial charge in [-0.05, 0) is 44.6 Å². The Balaban J connectivity index is 1.75. The summed E-state index contributed by atoms with van der Waals surface area (Å²) in [5, 5.41) is 17.0. The Labute approximate surface area is 123 Å². The van der Waals surface area contributed by atoms with Crippen molar-refractivity contribution in [2.75, 3.05) is 18.1 Å². The average molecular weight is 298 g/mol. The van der Waals surface area contributed by atoms with Gasteiger partial charge in [-0.2, -0.15) is 11.8 Å². The summed E-state index contributed by atoms with van der Waals surface area (Å²) in [6.07, 6.45) is 2.53. The van der Waals surface area contributed by atoms with Crippen LogP contribution in [0.5, 0.6) is 0 Å². The molecule has 1 fully saturated rings. The Kier molecular flexibility index (Phi) is 5.10. The Hall–Kier alpha value is -1.01. The van der Waals surface area contributed by atoms with E-state index in [4.69, 9.17) is 4.52 Å². The molecule has 2 rings (SSSR count). The fourth-order valence-corrected chi connectivity index (χ4v) is 3.63. The average Bonchev–Trinajstić information content (AvgIpc) is 2.74. The second kappa shape index (κ2) is 6.63. The van der Waals surface area contributed by atoms with Gasteiger partial charge in [0.25, 0.3) is 0 Å². The van der Waals surface area contributed by atoms with Crippen molar-refractivity contribution in [3.63, 3.8) is 0 Å². The van der Waals surface area contributed by atoms with Crippen LogP contribution < -0.4 is 5.32 Å². The topological polar surface area (TPSA) is 75.4 Å². The van der Waals surface area contributed by atoms with Crippen molar-refractivity contribution in [2.45, 2.75) is 45.1 Å². The highest BCUT2D eigenvalue weighted by Crippen LogP contribution is 2.26. The van der Waals surface area contributed by atoms with E-state index in [1.165, 1.54) is 0 Å². The first-order chi connectivity index (χ1) is 9.50. The molecule has 1 aromatic rings. The fraction of sp³-hybridized carbons (Fsp3) is 0.714. The van der Waals surface area contributed by atoms with Gasteiger partial charge in [-0.1, -0.05) is 5.16 Å². The molecule has 6 heteroatoms. The van der Waals surface area contributed by atoms with E-state index < -0.39 is 5.60 Å². The Morgan fingerprint density at radius 3 is 2.75 bits per heavy atom. The Morgan fingerprint density at radius 1 is 1.45 bits per heavy atom. The van der Waals surface area contributed by atoms with Gasteiger partial charge in [0.15, 0.2) is 0 Å². The molecule has 5 nitrogen and oxygen atoms in total. The summed E-state index contributed by atoms with van der Waals surface area (Å²) in [6, 6.07) is 0. The maximum Gasteiger partial charge on any atom is 0.220 e. The molecular formula is C14H22N2O3S. The molecule has 0 atom stereocenters. The molecule has 0 aliphatic carbocycles. The first kappa shape index (κ1) is 15.4. The predicted molar refractivity (Wildman–Crippen MR) is 78.8 cm³/mol. The third-order valence-electron chi connectivity index (χ3n) is 3.82. The van der Waals surface area contributed by atoms with Crippen LogP contribution in [0.2, 0.25) is 0 Å². The number of thioether (sulfide) groups is 1. The minimum absolute atomic E-state index is 0.0309. The van der Waals surface area contributed by atoms with Gasteiger partial charge in [-0.15, -0.1) is 0 Å². The van der Waals surface area contributed by atoms with Gasteiger partial charge in [-0.3, -0.25) is 4.79 Å². The summed E-state index contributed by atoms with van der Waals surface area (Å²) in [7, 11) is 0. The van der Waals surface area contributed by atoms with Gasteiger partial charge < -0.3 is 14.9 Å². The third-order valence-corrected chi connectivity index (χ3v) is 4.81. The van der Waals surface area contributed by atoms with Gasteiger partial charge in [0.2, 0.25) is 5.91 Å². The SMILES string of the molecule is Cc1noc(C)c1CCC(=O)NCC1(O)CCSCC1. The first-order valence-electron chi connectivity index (χ1n) is 6.99. The monoisotopic (exact) mass is 298 g/mol. The molecule has 0 unspecified atom stereocenters. The zero-order chi connectivity index (χ0) is 14.6. The van der Waals surface area contributed by atoms with Crippen molar-refractivity contribution < 1.29 is 14.4 Å². The summed E-state index contributed by atoms with van der Waals surface area (Å²) in [6.45, 7) is 4.09. The van der Waals surface area contributed by atoms with Crippen LogP contribution in [0.15, 0.2) is 4.52 Å². The number of aromatic nitrogens is 1. The minimum atomic E-state index is -0.718. The molecule has 0 bridgehead atoms. The summed E-state index contributed by atoms with van der Waals surface area (Å²) in [5.41, 5.74) is 1.13. The minimum Gasteiger partial charge on any atom is -0.388 e. The van der Waals surface area contributed by atoms with Crippen molar-refractivity contribution in [2.24, 2.45) is 0 Å². The van der Waals surface area contributed by atoms with Crippen LogP contribution >= 0.6 is 11.8 Å². The molecule has 2 N–H and O–H groups in total. The standard InChI is InChI=1S/C14H22N2O3S/c1-10-12(11(2)19-16-10)3-4-13(17)15-9-14(18)5-7-20-8-6-14/h18H,3-9H2,1-2H3,(H,15,17). The number of nitrogens with zero attached hydrogens (tertiary/aromatic N) is 1. The fourth-order valence-electron chi connectivity index (χ4n) is 2.38. The van der Waals surface area contributed by atoms with Crippen molar-refractivity contribution in [3.8, 4) is 0 Å². The molecule has 0 aromatic carbocycles. The number of aryl methyl sites for hydroxylation is 2. The first-order valence-corrected chi connectivity index (χ1v) is 8.14. The summed E-state index contributed by atoms with van der Waals surface area (Å²) in [4.78, 5) is 11.9. The number of hydrogen-bond acceptors (Lipinski definition) is 5. The molecule has 1 aliphatic rings. The second-order valence-electron chi connectivity index (χ2n) is 5.42. The van der Waals surface area contributed by atoms with E-state index in [1.54, 1.807) is 0 Å². The number of rotatable bonds is 5. The zero-order valence-corrected chi connectivity index (χ0v) is 12.9. The lowest BCUT2D eigenvalue weighted by Crippen LogP contribution is -2.45. The summed E-state index contributed by atoms with van der Waals surface area (Å²) in [5.74, 6) is 2.67. The van der Waals surface area contributed by atoms with Gasteiger partial charge in [0, 0.05) is 18.5 Å². The number of nitrogens with one attached hydrogen (secondary N) is 1. The largest absolute Gasteiger partial charge is 0.388 e. The molecule has 2 heterocycles. The number of carbonyl (C=O) groups excluding carboxylic acids is 1. The van der Waals surface area contributed by atoms with Crippen molar-refractivity contribution in [1.82, 2.24) is 10.5 Å².